The molecule has 24 heavy (non-hydrogen) atoms. The van der Waals surface area contributed by atoms with Crippen molar-refractivity contribution in [3.8, 4) is 17.2 Å². The Labute approximate surface area is 140 Å². The molecule has 0 unspecified atom stereocenters. The Hall–Kier alpha value is -3.01. The average Bonchev–Trinajstić information content (AvgIpc) is 2.63. The third-order valence-corrected chi connectivity index (χ3v) is 3.55. The van der Waals surface area contributed by atoms with Crippen molar-refractivity contribution in [2.45, 2.75) is 6.54 Å². The summed E-state index contributed by atoms with van der Waals surface area (Å²) in [5.41, 5.74) is 1.78. The Morgan fingerprint density at radius 3 is 2.33 bits per heavy atom. The number of methoxy groups -OCH3 is 1. The zero-order chi connectivity index (χ0) is 16.8. The van der Waals surface area contributed by atoms with E-state index >= 15 is 0 Å². The highest BCUT2D eigenvalue weighted by molar-refractivity contribution is 5.61. The number of hydrogen-bond acceptors (Lipinski definition) is 3. The molecule has 0 bridgehead atoms. The van der Waals surface area contributed by atoms with Crippen LogP contribution in [0.1, 0.15) is 5.56 Å². The lowest BCUT2D eigenvalue weighted by Crippen LogP contribution is -2.01. The maximum Gasteiger partial charge on any atom is 0.150 e. The molecule has 0 saturated carbocycles. The van der Waals surface area contributed by atoms with E-state index in [1.807, 2.05) is 48.5 Å². The molecule has 0 atom stereocenters. The molecule has 0 aromatic heterocycles. The van der Waals surface area contributed by atoms with E-state index in [0.29, 0.717) is 12.3 Å². The monoisotopic (exact) mass is 323 g/mol. The highest BCUT2D eigenvalue weighted by Crippen LogP contribution is 2.33. The van der Waals surface area contributed by atoms with Gasteiger partial charge in [-0.15, -0.1) is 0 Å². The second kappa shape index (κ2) is 7.51. The number of benzene rings is 3. The summed E-state index contributed by atoms with van der Waals surface area (Å²) in [4.78, 5) is 0. The van der Waals surface area contributed by atoms with Gasteiger partial charge in [0.05, 0.1) is 12.8 Å². The molecule has 3 aromatic rings. The Bertz CT molecular complexity index is 788. The van der Waals surface area contributed by atoms with Gasteiger partial charge in [0.25, 0.3) is 0 Å². The van der Waals surface area contributed by atoms with Gasteiger partial charge >= 0.3 is 0 Å². The number of rotatable bonds is 6. The number of ether oxygens (including phenoxy) is 2. The fourth-order valence-electron chi connectivity index (χ4n) is 2.28. The normalized spacial score (nSPS) is 10.2. The molecule has 0 heterocycles. The first kappa shape index (κ1) is 15.9. The van der Waals surface area contributed by atoms with Gasteiger partial charge in [0.2, 0.25) is 0 Å². The van der Waals surface area contributed by atoms with E-state index < -0.39 is 0 Å². The molecule has 0 amide bonds. The summed E-state index contributed by atoms with van der Waals surface area (Å²) in [5.74, 6) is 1.95. The largest absolute Gasteiger partial charge is 0.497 e. The lowest BCUT2D eigenvalue weighted by molar-refractivity contribution is 0.413. The van der Waals surface area contributed by atoms with Crippen LogP contribution >= 0.6 is 0 Å². The minimum atomic E-state index is -0.242. The zero-order valence-electron chi connectivity index (χ0n) is 13.3. The third-order valence-electron chi connectivity index (χ3n) is 3.55. The van der Waals surface area contributed by atoms with Crippen molar-refractivity contribution < 1.29 is 13.9 Å². The van der Waals surface area contributed by atoms with Crippen LogP contribution in [0.15, 0.2) is 72.8 Å². The average molecular weight is 323 g/mol. The fraction of sp³-hybridized carbons (Fsp3) is 0.100. The molecule has 0 saturated heterocycles. The van der Waals surface area contributed by atoms with Crippen molar-refractivity contribution in [1.29, 1.82) is 0 Å². The van der Waals surface area contributed by atoms with Crippen molar-refractivity contribution in [3.63, 3.8) is 0 Å². The maximum atomic E-state index is 13.0. The number of hydrogen-bond donors (Lipinski definition) is 1. The van der Waals surface area contributed by atoms with Crippen LogP contribution in [0.4, 0.5) is 10.1 Å². The van der Waals surface area contributed by atoms with E-state index in [1.54, 1.807) is 19.2 Å². The molecular formula is C20H18FNO2. The minimum absolute atomic E-state index is 0.242. The van der Waals surface area contributed by atoms with Crippen LogP contribution in [-0.2, 0) is 6.54 Å². The highest BCUT2D eigenvalue weighted by Gasteiger charge is 2.07. The van der Waals surface area contributed by atoms with Gasteiger partial charge in [-0.3, -0.25) is 0 Å². The molecule has 0 aliphatic carbocycles. The van der Waals surface area contributed by atoms with Crippen molar-refractivity contribution >= 4 is 5.69 Å². The molecule has 0 radical (unpaired) electrons. The van der Waals surface area contributed by atoms with E-state index in [1.165, 1.54) is 12.1 Å². The summed E-state index contributed by atoms with van der Waals surface area (Å²) in [5, 5.41) is 3.32. The quantitative estimate of drug-likeness (QED) is 0.673. The van der Waals surface area contributed by atoms with Crippen molar-refractivity contribution in [3.05, 3.63) is 84.2 Å². The molecule has 0 fully saturated rings. The predicted octanol–water partition coefficient (Wildman–Crippen LogP) is 5.24. The standard InChI is InChI=1S/C20H18FNO2/c1-23-18-11-12-20(24-17-5-3-2-4-6-17)19(13-18)22-14-15-7-9-16(21)10-8-15/h2-13,22H,14H2,1H3. The van der Waals surface area contributed by atoms with Gasteiger partial charge in [-0.25, -0.2) is 4.39 Å². The summed E-state index contributed by atoms with van der Waals surface area (Å²) in [6.45, 7) is 0.554. The first-order valence-electron chi connectivity index (χ1n) is 7.64. The Kier molecular flexibility index (Phi) is 4.96. The summed E-state index contributed by atoms with van der Waals surface area (Å²) in [6, 6.07) is 21.6. The van der Waals surface area contributed by atoms with E-state index in [2.05, 4.69) is 5.32 Å². The second-order valence-corrected chi connectivity index (χ2v) is 5.26. The van der Waals surface area contributed by atoms with Crippen LogP contribution in [0, 0.1) is 5.82 Å². The van der Waals surface area contributed by atoms with Gasteiger partial charge in [0.1, 0.15) is 17.3 Å². The topological polar surface area (TPSA) is 30.5 Å². The van der Waals surface area contributed by atoms with Crippen molar-refractivity contribution in [2.75, 3.05) is 12.4 Å². The van der Waals surface area contributed by atoms with Crippen LogP contribution < -0.4 is 14.8 Å². The second-order valence-electron chi connectivity index (χ2n) is 5.26. The molecule has 0 aliphatic heterocycles. The summed E-state index contributed by atoms with van der Waals surface area (Å²) in [6.07, 6.45) is 0. The van der Waals surface area contributed by atoms with E-state index in [4.69, 9.17) is 9.47 Å². The van der Waals surface area contributed by atoms with E-state index in [-0.39, 0.29) is 5.82 Å². The van der Waals surface area contributed by atoms with Gasteiger partial charge in [0.15, 0.2) is 5.75 Å². The van der Waals surface area contributed by atoms with Gasteiger partial charge in [-0.1, -0.05) is 30.3 Å². The summed E-state index contributed by atoms with van der Waals surface area (Å²) in [7, 11) is 1.62. The first-order chi connectivity index (χ1) is 11.7. The minimum Gasteiger partial charge on any atom is -0.497 e. The highest BCUT2D eigenvalue weighted by atomic mass is 19.1. The molecule has 1 N–H and O–H groups in total. The smallest absolute Gasteiger partial charge is 0.150 e. The van der Waals surface area contributed by atoms with E-state index in [0.717, 1.165) is 22.7 Å². The van der Waals surface area contributed by atoms with Crippen molar-refractivity contribution in [1.82, 2.24) is 0 Å². The lowest BCUT2D eigenvalue weighted by atomic mass is 10.2. The number of para-hydroxylation sites is 1. The first-order valence-corrected chi connectivity index (χ1v) is 7.64. The Morgan fingerprint density at radius 1 is 0.875 bits per heavy atom. The Balaban J connectivity index is 1.80. The third kappa shape index (κ3) is 4.04. The summed E-state index contributed by atoms with van der Waals surface area (Å²) < 4.78 is 24.2. The fourth-order valence-corrected chi connectivity index (χ4v) is 2.28. The van der Waals surface area contributed by atoms with Crippen molar-refractivity contribution in [2.24, 2.45) is 0 Å². The zero-order valence-corrected chi connectivity index (χ0v) is 13.3. The van der Waals surface area contributed by atoms with Crippen LogP contribution in [0.3, 0.4) is 0 Å². The molecule has 0 spiro atoms. The van der Waals surface area contributed by atoms with Gasteiger partial charge in [-0.2, -0.15) is 0 Å². The van der Waals surface area contributed by atoms with Crippen LogP contribution in [0.25, 0.3) is 0 Å². The maximum absolute atomic E-state index is 13.0. The molecule has 3 rings (SSSR count). The predicted molar refractivity (Wildman–Crippen MR) is 93.2 cm³/mol. The number of nitrogens with one attached hydrogen (secondary N) is 1. The summed E-state index contributed by atoms with van der Waals surface area (Å²) >= 11 is 0. The van der Waals surface area contributed by atoms with Gasteiger partial charge in [-0.05, 0) is 42.0 Å². The SMILES string of the molecule is COc1ccc(Oc2ccccc2)c(NCc2ccc(F)cc2)c1. The van der Waals surface area contributed by atoms with E-state index in [9.17, 15) is 4.39 Å². The van der Waals surface area contributed by atoms with Gasteiger partial charge < -0.3 is 14.8 Å². The molecular weight excluding hydrogens is 305 g/mol. The molecule has 3 aromatic carbocycles. The van der Waals surface area contributed by atoms with Crippen LogP contribution in [-0.4, -0.2) is 7.11 Å². The van der Waals surface area contributed by atoms with Gasteiger partial charge in [0, 0.05) is 12.6 Å². The Morgan fingerprint density at radius 2 is 1.62 bits per heavy atom. The lowest BCUT2D eigenvalue weighted by Gasteiger charge is -2.14. The number of anilines is 1. The molecule has 4 heteroatoms. The number of halogens is 1. The molecule has 0 aliphatic rings. The molecule has 3 nitrogen and oxygen atoms in total. The van der Waals surface area contributed by atoms with Crippen LogP contribution in [0.5, 0.6) is 17.2 Å². The van der Waals surface area contributed by atoms with Crippen LogP contribution in [0.2, 0.25) is 0 Å². The molecule has 122 valence electrons.